The normalized spacial score (nSPS) is 15.0. The van der Waals surface area contributed by atoms with E-state index in [0.29, 0.717) is 36.0 Å². The molecule has 1 N–H and O–H groups in total. The second kappa shape index (κ2) is 9.51. The van der Waals surface area contributed by atoms with Crippen molar-refractivity contribution in [1.82, 2.24) is 4.98 Å². The van der Waals surface area contributed by atoms with Gasteiger partial charge in [-0.15, -0.1) is 0 Å². The summed E-state index contributed by atoms with van der Waals surface area (Å²) in [5.41, 5.74) is 2.44. The summed E-state index contributed by atoms with van der Waals surface area (Å²) < 4.78 is 11.3. The fourth-order valence-corrected chi connectivity index (χ4v) is 3.68. The number of rotatable bonds is 7. The molecular weight excluding hydrogens is 406 g/mol. The molecule has 0 radical (unpaired) electrons. The summed E-state index contributed by atoms with van der Waals surface area (Å²) in [5.74, 6) is 1.30. The Morgan fingerprint density at radius 2 is 1.97 bits per heavy atom. The van der Waals surface area contributed by atoms with E-state index in [1.165, 1.54) is 0 Å². The Bertz CT molecular complexity index is 1120. The summed E-state index contributed by atoms with van der Waals surface area (Å²) in [4.78, 5) is 31.7. The van der Waals surface area contributed by atoms with Gasteiger partial charge in [-0.05, 0) is 43.2 Å². The maximum atomic E-state index is 13.2. The third kappa shape index (κ3) is 4.56. The lowest BCUT2D eigenvalue weighted by molar-refractivity contribution is -0.127. The van der Waals surface area contributed by atoms with Gasteiger partial charge in [0.15, 0.2) is 11.6 Å². The first kappa shape index (κ1) is 21.4. The van der Waals surface area contributed by atoms with Gasteiger partial charge in [0.1, 0.15) is 5.75 Å². The predicted molar refractivity (Wildman–Crippen MR) is 122 cm³/mol. The molecule has 32 heavy (non-hydrogen) atoms. The average molecular weight is 431 g/mol. The molecule has 1 aliphatic heterocycles. The van der Waals surface area contributed by atoms with E-state index in [4.69, 9.17) is 9.47 Å². The number of aryl methyl sites for hydroxylation is 1. The Balaban J connectivity index is 1.44. The van der Waals surface area contributed by atoms with Gasteiger partial charge in [0, 0.05) is 24.7 Å². The van der Waals surface area contributed by atoms with Crippen LogP contribution in [-0.2, 0) is 9.59 Å². The molecule has 0 spiro atoms. The summed E-state index contributed by atoms with van der Waals surface area (Å²) in [6.07, 6.45) is 1.61. The molecule has 0 bridgehead atoms. The van der Waals surface area contributed by atoms with E-state index in [1.54, 1.807) is 30.3 Å². The highest BCUT2D eigenvalue weighted by Crippen LogP contribution is 2.37. The molecule has 7 heteroatoms. The maximum absolute atomic E-state index is 13.2. The van der Waals surface area contributed by atoms with E-state index in [1.807, 2.05) is 55.5 Å². The van der Waals surface area contributed by atoms with E-state index < -0.39 is 6.10 Å². The Kier molecular flexibility index (Phi) is 6.35. The van der Waals surface area contributed by atoms with Crippen LogP contribution in [0.1, 0.15) is 30.1 Å². The third-order valence-corrected chi connectivity index (χ3v) is 5.26. The van der Waals surface area contributed by atoms with E-state index in [-0.39, 0.29) is 18.2 Å². The van der Waals surface area contributed by atoms with Crippen LogP contribution < -0.4 is 19.7 Å². The maximum Gasteiger partial charge on any atom is 0.274 e. The molecule has 7 nitrogen and oxygen atoms in total. The topological polar surface area (TPSA) is 80.8 Å². The van der Waals surface area contributed by atoms with E-state index >= 15 is 0 Å². The average Bonchev–Trinajstić information content (AvgIpc) is 2.81. The number of aromatic nitrogens is 1. The molecule has 2 amide bonds. The second-order valence-corrected chi connectivity index (χ2v) is 7.58. The number of hydrogen-bond acceptors (Lipinski definition) is 5. The van der Waals surface area contributed by atoms with Crippen LogP contribution in [0.3, 0.4) is 0 Å². The highest BCUT2D eigenvalue weighted by Gasteiger charge is 2.36. The van der Waals surface area contributed by atoms with Crippen molar-refractivity contribution in [3.63, 3.8) is 0 Å². The lowest BCUT2D eigenvalue weighted by atomic mass is 10.1. The zero-order valence-electron chi connectivity index (χ0n) is 18.1. The van der Waals surface area contributed by atoms with Crippen LogP contribution in [0, 0.1) is 6.92 Å². The smallest absolute Gasteiger partial charge is 0.274 e. The van der Waals surface area contributed by atoms with E-state index in [2.05, 4.69) is 10.3 Å². The fraction of sp³-hybridized carbons (Fsp3) is 0.240. The summed E-state index contributed by atoms with van der Waals surface area (Å²) in [6, 6.07) is 18.6. The van der Waals surface area contributed by atoms with Crippen molar-refractivity contribution in [3.8, 4) is 11.5 Å². The largest absolute Gasteiger partial charge is 0.495 e. The van der Waals surface area contributed by atoms with Crippen molar-refractivity contribution in [1.29, 1.82) is 0 Å². The minimum Gasteiger partial charge on any atom is -0.495 e. The monoisotopic (exact) mass is 431 g/mol. The molecule has 2 aromatic carbocycles. The van der Waals surface area contributed by atoms with Crippen LogP contribution in [0.25, 0.3) is 0 Å². The standard InChI is InChI=1S/C25H25N3O4/c1-17-12-13-20(31-2)19(16-17)27-22(29)11-7-15-28-24-21(10-6-14-26-24)32-23(25(28)30)18-8-4-3-5-9-18/h3-6,8-10,12-14,16,23H,7,11,15H2,1-2H3,(H,27,29). The van der Waals surface area contributed by atoms with Gasteiger partial charge < -0.3 is 14.8 Å². The molecule has 0 saturated heterocycles. The van der Waals surface area contributed by atoms with Crippen molar-refractivity contribution in [2.75, 3.05) is 23.9 Å². The molecular formula is C25H25N3O4. The SMILES string of the molecule is COc1ccc(C)cc1NC(=O)CCCN1C(=O)C(c2ccccc2)Oc2cccnc21. The number of nitrogens with zero attached hydrogens (tertiary/aromatic N) is 2. The Hall–Kier alpha value is -3.87. The van der Waals surface area contributed by atoms with Gasteiger partial charge in [0.2, 0.25) is 12.0 Å². The lowest BCUT2D eigenvalue weighted by Gasteiger charge is -2.33. The molecule has 1 atom stereocenters. The molecule has 0 aliphatic carbocycles. The molecule has 0 fully saturated rings. The summed E-state index contributed by atoms with van der Waals surface area (Å²) in [5, 5.41) is 2.90. The number of anilines is 2. The van der Waals surface area contributed by atoms with Crippen LogP contribution >= 0.6 is 0 Å². The second-order valence-electron chi connectivity index (χ2n) is 7.58. The van der Waals surface area contributed by atoms with Gasteiger partial charge in [0.05, 0.1) is 12.8 Å². The van der Waals surface area contributed by atoms with Crippen LogP contribution in [0.2, 0.25) is 0 Å². The number of benzene rings is 2. The van der Waals surface area contributed by atoms with Crippen LogP contribution in [0.15, 0.2) is 66.9 Å². The quantitative estimate of drug-likeness (QED) is 0.604. The number of hydrogen-bond donors (Lipinski definition) is 1. The summed E-state index contributed by atoms with van der Waals surface area (Å²) in [7, 11) is 1.57. The Morgan fingerprint density at radius 3 is 2.75 bits per heavy atom. The highest BCUT2D eigenvalue weighted by molar-refractivity contribution is 5.99. The lowest BCUT2D eigenvalue weighted by Crippen LogP contribution is -2.42. The first-order valence-corrected chi connectivity index (χ1v) is 10.5. The highest BCUT2D eigenvalue weighted by atomic mass is 16.5. The molecule has 0 saturated carbocycles. The van der Waals surface area contributed by atoms with Gasteiger partial charge in [-0.1, -0.05) is 36.4 Å². The first-order chi connectivity index (χ1) is 15.6. The number of fused-ring (bicyclic) bond motifs is 1. The zero-order valence-corrected chi connectivity index (χ0v) is 18.1. The summed E-state index contributed by atoms with van der Waals surface area (Å²) in [6.45, 7) is 2.31. The number of pyridine rings is 1. The fourth-order valence-electron chi connectivity index (χ4n) is 3.68. The van der Waals surface area contributed by atoms with Gasteiger partial charge >= 0.3 is 0 Å². The van der Waals surface area contributed by atoms with Crippen molar-refractivity contribution in [2.45, 2.75) is 25.9 Å². The van der Waals surface area contributed by atoms with Gasteiger partial charge in [0.25, 0.3) is 5.91 Å². The number of amides is 2. The van der Waals surface area contributed by atoms with E-state index in [0.717, 1.165) is 11.1 Å². The Labute approximate surface area is 187 Å². The van der Waals surface area contributed by atoms with Gasteiger partial charge in [-0.3, -0.25) is 14.5 Å². The van der Waals surface area contributed by atoms with Crippen molar-refractivity contribution in [3.05, 3.63) is 78.0 Å². The third-order valence-electron chi connectivity index (χ3n) is 5.26. The predicted octanol–water partition coefficient (Wildman–Crippen LogP) is 4.28. The first-order valence-electron chi connectivity index (χ1n) is 10.5. The number of carbonyl (C=O) groups excluding carboxylic acids is 2. The number of carbonyl (C=O) groups is 2. The number of methoxy groups -OCH3 is 1. The van der Waals surface area contributed by atoms with Crippen molar-refractivity contribution in [2.24, 2.45) is 0 Å². The van der Waals surface area contributed by atoms with Crippen LogP contribution in [0.5, 0.6) is 11.5 Å². The molecule has 1 aliphatic rings. The van der Waals surface area contributed by atoms with Crippen LogP contribution in [0.4, 0.5) is 11.5 Å². The van der Waals surface area contributed by atoms with Gasteiger partial charge in [-0.2, -0.15) is 0 Å². The molecule has 3 aromatic rings. The zero-order chi connectivity index (χ0) is 22.5. The minimum absolute atomic E-state index is 0.143. The molecule has 164 valence electrons. The number of nitrogens with one attached hydrogen (secondary N) is 1. The number of ether oxygens (including phenoxy) is 2. The minimum atomic E-state index is -0.738. The molecule has 2 heterocycles. The Morgan fingerprint density at radius 1 is 1.16 bits per heavy atom. The van der Waals surface area contributed by atoms with Crippen molar-refractivity contribution < 1.29 is 19.1 Å². The van der Waals surface area contributed by atoms with Crippen LogP contribution in [-0.4, -0.2) is 30.5 Å². The summed E-state index contributed by atoms with van der Waals surface area (Å²) >= 11 is 0. The molecule has 4 rings (SSSR count). The van der Waals surface area contributed by atoms with Gasteiger partial charge in [-0.25, -0.2) is 4.98 Å². The molecule has 1 aromatic heterocycles. The van der Waals surface area contributed by atoms with E-state index in [9.17, 15) is 9.59 Å². The molecule has 1 unspecified atom stereocenters. The van der Waals surface area contributed by atoms with Crippen molar-refractivity contribution >= 4 is 23.3 Å².